The average molecular weight is 298 g/mol. The van der Waals surface area contributed by atoms with Crippen LogP contribution in [0.3, 0.4) is 0 Å². The summed E-state index contributed by atoms with van der Waals surface area (Å²) in [6.45, 7) is -0.432. The molecule has 1 aromatic heterocycles. The molecular formula is C14H13F3N2O2. The van der Waals surface area contributed by atoms with E-state index in [1.165, 1.54) is 4.90 Å². The molecule has 1 aromatic carbocycles. The topological polar surface area (TPSA) is 45.3 Å². The molecule has 0 spiro atoms. The molecule has 1 atom stereocenters. The fourth-order valence-electron chi connectivity index (χ4n) is 2.47. The zero-order chi connectivity index (χ0) is 15.0. The number of H-pyrrole nitrogens is 1. The Balaban J connectivity index is 1.86. The summed E-state index contributed by atoms with van der Waals surface area (Å²) >= 11 is 0. The van der Waals surface area contributed by atoms with Crippen molar-refractivity contribution in [2.75, 3.05) is 19.7 Å². The van der Waals surface area contributed by atoms with Crippen LogP contribution in [0.4, 0.5) is 13.2 Å². The van der Waals surface area contributed by atoms with Crippen LogP contribution in [-0.2, 0) is 4.74 Å². The van der Waals surface area contributed by atoms with Gasteiger partial charge in [-0.1, -0.05) is 12.1 Å². The fourth-order valence-corrected chi connectivity index (χ4v) is 2.47. The minimum Gasteiger partial charge on any atom is -0.365 e. The van der Waals surface area contributed by atoms with Crippen molar-refractivity contribution in [3.8, 4) is 0 Å². The monoisotopic (exact) mass is 298 g/mol. The number of hydrogen-bond donors (Lipinski definition) is 1. The number of alkyl halides is 3. The summed E-state index contributed by atoms with van der Waals surface area (Å²) in [5.74, 6) is -0.416. The van der Waals surface area contributed by atoms with Crippen LogP contribution in [-0.4, -0.2) is 47.8 Å². The first kappa shape index (κ1) is 13.9. The Kier molecular flexibility index (Phi) is 3.36. The van der Waals surface area contributed by atoms with Crippen LogP contribution in [0.2, 0.25) is 0 Å². The Morgan fingerprint density at radius 2 is 2.14 bits per heavy atom. The third-order valence-electron chi connectivity index (χ3n) is 3.54. The molecule has 1 saturated heterocycles. The van der Waals surface area contributed by atoms with E-state index in [9.17, 15) is 18.0 Å². The van der Waals surface area contributed by atoms with Gasteiger partial charge in [0.15, 0.2) is 6.10 Å². The van der Waals surface area contributed by atoms with Gasteiger partial charge in [0.2, 0.25) is 0 Å². The lowest BCUT2D eigenvalue weighted by molar-refractivity contribution is -0.233. The van der Waals surface area contributed by atoms with Crippen LogP contribution < -0.4 is 0 Å². The smallest absolute Gasteiger partial charge is 0.365 e. The highest BCUT2D eigenvalue weighted by Gasteiger charge is 2.44. The number of para-hydroxylation sites is 1. The summed E-state index contributed by atoms with van der Waals surface area (Å²) in [6, 6.07) is 6.97. The van der Waals surface area contributed by atoms with Gasteiger partial charge in [-0.2, -0.15) is 13.2 Å². The highest BCUT2D eigenvalue weighted by atomic mass is 19.4. The van der Waals surface area contributed by atoms with Crippen molar-refractivity contribution in [1.82, 2.24) is 9.88 Å². The van der Waals surface area contributed by atoms with E-state index in [1.54, 1.807) is 18.3 Å². The zero-order valence-electron chi connectivity index (χ0n) is 11.0. The Hall–Kier alpha value is -2.02. The normalized spacial score (nSPS) is 20.0. The summed E-state index contributed by atoms with van der Waals surface area (Å²) in [5, 5.41) is 0.849. The lowest BCUT2D eigenvalue weighted by Crippen LogP contribution is -2.51. The minimum absolute atomic E-state index is 0.114. The molecule has 1 aliphatic rings. The number of morpholine rings is 1. The second-order valence-corrected chi connectivity index (χ2v) is 4.90. The van der Waals surface area contributed by atoms with Crippen LogP contribution in [0.1, 0.15) is 10.4 Å². The number of hydrogen-bond acceptors (Lipinski definition) is 2. The molecule has 1 aliphatic heterocycles. The number of halogens is 3. The number of amides is 1. The first-order valence-corrected chi connectivity index (χ1v) is 6.50. The van der Waals surface area contributed by atoms with E-state index in [4.69, 9.17) is 4.74 Å². The minimum atomic E-state index is -4.46. The van der Waals surface area contributed by atoms with E-state index in [1.807, 2.05) is 12.1 Å². The number of rotatable bonds is 1. The van der Waals surface area contributed by atoms with Gasteiger partial charge in [0.05, 0.1) is 24.2 Å². The Morgan fingerprint density at radius 1 is 1.33 bits per heavy atom. The predicted molar refractivity (Wildman–Crippen MR) is 70.0 cm³/mol. The highest BCUT2D eigenvalue weighted by molar-refractivity contribution is 6.05. The van der Waals surface area contributed by atoms with Crippen LogP contribution in [0.15, 0.2) is 30.5 Å². The van der Waals surface area contributed by atoms with Gasteiger partial charge >= 0.3 is 6.18 Å². The molecule has 112 valence electrons. The molecule has 2 heterocycles. The molecule has 1 fully saturated rings. The zero-order valence-corrected chi connectivity index (χ0v) is 11.0. The quantitative estimate of drug-likeness (QED) is 0.879. The SMILES string of the molecule is O=C(c1cccc2cc[nH]c12)N1CCO[C@@H](C(F)(F)F)C1. The van der Waals surface area contributed by atoms with Gasteiger partial charge in [-0.25, -0.2) is 0 Å². The summed E-state index contributed by atoms with van der Waals surface area (Å²) in [4.78, 5) is 16.6. The van der Waals surface area contributed by atoms with Gasteiger partial charge in [0.1, 0.15) is 0 Å². The van der Waals surface area contributed by atoms with Gasteiger partial charge in [-0.15, -0.1) is 0 Å². The second kappa shape index (κ2) is 5.07. The largest absolute Gasteiger partial charge is 0.416 e. The molecule has 0 radical (unpaired) electrons. The van der Waals surface area contributed by atoms with Crippen molar-refractivity contribution in [3.05, 3.63) is 36.0 Å². The fraction of sp³-hybridized carbons (Fsp3) is 0.357. The van der Waals surface area contributed by atoms with Crippen molar-refractivity contribution in [3.63, 3.8) is 0 Å². The number of carbonyl (C=O) groups is 1. The van der Waals surface area contributed by atoms with E-state index in [0.717, 1.165) is 5.39 Å². The van der Waals surface area contributed by atoms with E-state index >= 15 is 0 Å². The summed E-state index contributed by atoms with van der Waals surface area (Å²) in [5.41, 5.74) is 1.01. The molecule has 1 N–H and O–H groups in total. The second-order valence-electron chi connectivity index (χ2n) is 4.90. The first-order chi connectivity index (χ1) is 9.97. The number of benzene rings is 1. The number of fused-ring (bicyclic) bond motifs is 1. The summed E-state index contributed by atoms with van der Waals surface area (Å²) in [6.07, 6.45) is -4.69. The van der Waals surface area contributed by atoms with Gasteiger partial charge in [-0.05, 0) is 12.1 Å². The van der Waals surface area contributed by atoms with Gasteiger partial charge < -0.3 is 14.6 Å². The summed E-state index contributed by atoms with van der Waals surface area (Å²) < 4.78 is 42.8. The van der Waals surface area contributed by atoms with Crippen molar-refractivity contribution in [2.45, 2.75) is 12.3 Å². The average Bonchev–Trinajstić information content (AvgIpc) is 2.94. The van der Waals surface area contributed by atoms with Gasteiger partial charge in [0, 0.05) is 18.1 Å². The maximum absolute atomic E-state index is 12.7. The lowest BCUT2D eigenvalue weighted by atomic mass is 10.1. The number of nitrogens with zero attached hydrogens (tertiary/aromatic N) is 1. The molecule has 0 unspecified atom stereocenters. The number of nitrogens with one attached hydrogen (secondary N) is 1. The van der Waals surface area contributed by atoms with Gasteiger partial charge in [-0.3, -0.25) is 4.79 Å². The number of aromatic amines is 1. The summed E-state index contributed by atoms with van der Waals surface area (Å²) in [7, 11) is 0. The van der Waals surface area contributed by atoms with Crippen LogP contribution in [0.25, 0.3) is 10.9 Å². The van der Waals surface area contributed by atoms with Crippen molar-refractivity contribution in [1.29, 1.82) is 0 Å². The van der Waals surface area contributed by atoms with Crippen LogP contribution >= 0.6 is 0 Å². The molecule has 0 saturated carbocycles. The number of carbonyl (C=O) groups excluding carboxylic acids is 1. The van der Waals surface area contributed by atoms with Crippen LogP contribution in [0, 0.1) is 0 Å². The van der Waals surface area contributed by atoms with Crippen LogP contribution in [0.5, 0.6) is 0 Å². The molecule has 21 heavy (non-hydrogen) atoms. The molecule has 4 nitrogen and oxygen atoms in total. The maximum Gasteiger partial charge on any atom is 0.416 e. The van der Waals surface area contributed by atoms with Crippen molar-refractivity contribution < 1.29 is 22.7 Å². The van der Waals surface area contributed by atoms with E-state index in [-0.39, 0.29) is 13.2 Å². The first-order valence-electron chi connectivity index (χ1n) is 6.50. The molecule has 2 aromatic rings. The van der Waals surface area contributed by atoms with E-state index < -0.39 is 24.7 Å². The molecular weight excluding hydrogens is 285 g/mol. The maximum atomic E-state index is 12.7. The molecule has 0 bridgehead atoms. The Labute approximate surface area is 118 Å². The third-order valence-corrected chi connectivity index (χ3v) is 3.54. The standard InChI is InChI=1S/C14H13F3N2O2/c15-14(16,17)11-8-19(6-7-21-11)13(20)10-3-1-2-9-4-5-18-12(9)10/h1-5,11,18H,6-8H2/t11-/m1/s1. The van der Waals surface area contributed by atoms with E-state index in [2.05, 4.69) is 4.98 Å². The molecule has 7 heteroatoms. The number of ether oxygens (including phenoxy) is 1. The Bertz CT molecular complexity index is 666. The van der Waals surface area contributed by atoms with Crippen molar-refractivity contribution in [2.24, 2.45) is 0 Å². The van der Waals surface area contributed by atoms with Crippen molar-refractivity contribution >= 4 is 16.8 Å². The third kappa shape index (κ3) is 2.61. The molecule has 3 rings (SSSR count). The Morgan fingerprint density at radius 3 is 2.90 bits per heavy atom. The number of aromatic nitrogens is 1. The lowest BCUT2D eigenvalue weighted by Gasteiger charge is -2.33. The van der Waals surface area contributed by atoms with E-state index in [0.29, 0.717) is 11.1 Å². The molecule has 0 aliphatic carbocycles. The highest BCUT2D eigenvalue weighted by Crippen LogP contribution is 2.27. The molecule has 1 amide bonds. The van der Waals surface area contributed by atoms with Gasteiger partial charge in [0.25, 0.3) is 5.91 Å². The predicted octanol–water partition coefficient (Wildman–Crippen LogP) is 2.57.